The van der Waals surface area contributed by atoms with Crippen molar-refractivity contribution in [2.75, 3.05) is 0 Å². The fraction of sp³-hybridized carbons (Fsp3) is 0.182. The van der Waals surface area contributed by atoms with Crippen molar-refractivity contribution in [3.05, 3.63) is 35.2 Å². The number of fused-ring (bicyclic) bond motifs is 1. The van der Waals surface area contributed by atoms with E-state index in [2.05, 4.69) is 9.97 Å². The molecule has 0 aliphatic rings. The molecule has 2 heterocycles. The third-order valence-electron chi connectivity index (χ3n) is 2.46. The first kappa shape index (κ1) is 9.58. The molecule has 0 amide bonds. The van der Waals surface area contributed by atoms with Gasteiger partial charge in [-0.2, -0.15) is 0 Å². The Morgan fingerprint density at radius 3 is 2.80 bits per heavy atom. The van der Waals surface area contributed by atoms with E-state index in [-0.39, 0.29) is 0 Å². The molecule has 4 heteroatoms. The summed E-state index contributed by atoms with van der Waals surface area (Å²) < 4.78 is 0. The van der Waals surface area contributed by atoms with Crippen molar-refractivity contribution in [1.82, 2.24) is 9.97 Å². The maximum absolute atomic E-state index is 11.1. The van der Waals surface area contributed by atoms with Gasteiger partial charge in [0.1, 0.15) is 0 Å². The zero-order valence-corrected chi connectivity index (χ0v) is 8.48. The molecule has 0 spiro atoms. The first-order chi connectivity index (χ1) is 7.11. The van der Waals surface area contributed by atoms with E-state index in [0.29, 0.717) is 27.9 Å². The van der Waals surface area contributed by atoms with Gasteiger partial charge in [-0.3, -0.25) is 0 Å². The molecule has 1 N–H and O–H groups in total. The van der Waals surface area contributed by atoms with E-state index >= 15 is 0 Å². The Balaban J connectivity index is 2.95. The quantitative estimate of drug-likeness (QED) is 0.767. The number of aromatic carboxylic acids is 1. The van der Waals surface area contributed by atoms with Crippen LogP contribution < -0.4 is 0 Å². The number of pyridine rings is 2. The molecule has 15 heavy (non-hydrogen) atoms. The molecule has 0 unspecified atom stereocenters. The van der Waals surface area contributed by atoms with Crippen LogP contribution in [0.25, 0.3) is 11.0 Å². The van der Waals surface area contributed by atoms with Crippen LogP contribution in [0, 0.1) is 13.8 Å². The van der Waals surface area contributed by atoms with Gasteiger partial charge >= 0.3 is 5.97 Å². The van der Waals surface area contributed by atoms with Crippen LogP contribution in [0.3, 0.4) is 0 Å². The molecule has 0 aliphatic carbocycles. The molecule has 0 aliphatic heterocycles. The van der Waals surface area contributed by atoms with Gasteiger partial charge in [-0.25, -0.2) is 14.8 Å². The average molecular weight is 202 g/mol. The third-order valence-corrected chi connectivity index (χ3v) is 2.46. The Labute approximate surface area is 86.6 Å². The fourth-order valence-corrected chi connectivity index (χ4v) is 1.58. The van der Waals surface area contributed by atoms with Gasteiger partial charge in [0.15, 0.2) is 5.65 Å². The Hall–Kier alpha value is -1.97. The zero-order chi connectivity index (χ0) is 11.0. The molecule has 0 saturated carbocycles. The molecule has 0 saturated heterocycles. The first-order valence-corrected chi connectivity index (χ1v) is 4.56. The van der Waals surface area contributed by atoms with E-state index < -0.39 is 5.97 Å². The molecule has 0 aromatic carbocycles. The van der Waals surface area contributed by atoms with Crippen molar-refractivity contribution >= 4 is 17.0 Å². The molecule has 2 aromatic rings. The number of hydrogen-bond donors (Lipinski definition) is 1. The van der Waals surface area contributed by atoms with Gasteiger partial charge in [-0.1, -0.05) is 0 Å². The van der Waals surface area contributed by atoms with E-state index in [1.807, 2.05) is 0 Å². The second-order valence-corrected chi connectivity index (χ2v) is 3.38. The lowest BCUT2D eigenvalue weighted by molar-refractivity contribution is 0.0698. The molecule has 0 atom stereocenters. The summed E-state index contributed by atoms with van der Waals surface area (Å²) >= 11 is 0. The van der Waals surface area contributed by atoms with Crippen LogP contribution in [0.4, 0.5) is 0 Å². The highest BCUT2D eigenvalue weighted by molar-refractivity contribution is 6.03. The Morgan fingerprint density at radius 1 is 1.40 bits per heavy atom. The molecule has 4 nitrogen and oxygen atoms in total. The predicted molar refractivity (Wildman–Crippen MR) is 56.0 cm³/mol. The molecule has 0 bridgehead atoms. The Bertz CT molecular complexity index is 550. The highest BCUT2D eigenvalue weighted by Gasteiger charge is 2.15. The summed E-state index contributed by atoms with van der Waals surface area (Å²) in [4.78, 5) is 19.4. The van der Waals surface area contributed by atoms with Crippen molar-refractivity contribution in [2.24, 2.45) is 0 Å². The highest BCUT2D eigenvalue weighted by atomic mass is 16.4. The van der Waals surface area contributed by atoms with Crippen LogP contribution >= 0.6 is 0 Å². The van der Waals surface area contributed by atoms with Crippen LogP contribution in [0.5, 0.6) is 0 Å². The number of hydrogen-bond acceptors (Lipinski definition) is 3. The monoisotopic (exact) mass is 202 g/mol. The molecule has 2 rings (SSSR count). The van der Waals surface area contributed by atoms with Crippen LogP contribution in [0.1, 0.15) is 21.6 Å². The van der Waals surface area contributed by atoms with Crippen LogP contribution in [0.15, 0.2) is 18.3 Å². The van der Waals surface area contributed by atoms with Gasteiger partial charge in [-0.15, -0.1) is 0 Å². The normalized spacial score (nSPS) is 10.5. The zero-order valence-electron chi connectivity index (χ0n) is 8.48. The lowest BCUT2D eigenvalue weighted by Gasteiger charge is -2.07. The third kappa shape index (κ3) is 1.44. The summed E-state index contributed by atoms with van der Waals surface area (Å²) in [6, 6.07) is 3.44. The summed E-state index contributed by atoms with van der Waals surface area (Å²) in [6.45, 7) is 3.55. The summed E-state index contributed by atoms with van der Waals surface area (Å²) in [5, 5.41) is 9.72. The number of carbonyl (C=O) groups is 1. The summed E-state index contributed by atoms with van der Waals surface area (Å²) in [5.74, 6) is -0.934. The number of aryl methyl sites for hydroxylation is 1. The van der Waals surface area contributed by atoms with E-state index in [0.717, 1.165) is 0 Å². The summed E-state index contributed by atoms with van der Waals surface area (Å²) in [5.41, 5.74) is 2.19. The van der Waals surface area contributed by atoms with Crippen molar-refractivity contribution in [2.45, 2.75) is 13.8 Å². The van der Waals surface area contributed by atoms with Gasteiger partial charge in [0, 0.05) is 17.3 Å². The number of rotatable bonds is 1. The lowest BCUT2D eigenvalue weighted by atomic mass is 10.0. The van der Waals surface area contributed by atoms with Crippen molar-refractivity contribution in [1.29, 1.82) is 0 Å². The minimum Gasteiger partial charge on any atom is -0.478 e. The van der Waals surface area contributed by atoms with Gasteiger partial charge in [0.05, 0.1) is 5.56 Å². The lowest BCUT2D eigenvalue weighted by Crippen LogP contribution is -2.05. The van der Waals surface area contributed by atoms with Crippen LogP contribution in [-0.4, -0.2) is 21.0 Å². The molecular weight excluding hydrogens is 192 g/mol. The van der Waals surface area contributed by atoms with Gasteiger partial charge < -0.3 is 5.11 Å². The van der Waals surface area contributed by atoms with E-state index in [9.17, 15) is 4.79 Å². The predicted octanol–water partition coefficient (Wildman–Crippen LogP) is 1.94. The second-order valence-electron chi connectivity index (χ2n) is 3.38. The van der Waals surface area contributed by atoms with Crippen molar-refractivity contribution in [3.63, 3.8) is 0 Å². The fourth-order valence-electron chi connectivity index (χ4n) is 1.58. The highest BCUT2D eigenvalue weighted by Crippen LogP contribution is 2.20. The van der Waals surface area contributed by atoms with Crippen LogP contribution in [0.2, 0.25) is 0 Å². The maximum Gasteiger partial charge on any atom is 0.336 e. The number of carboxylic acids is 1. The van der Waals surface area contributed by atoms with Crippen molar-refractivity contribution in [3.8, 4) is 0 Å². The SMILES string of the molecule is Cc1nc2ncccc2c(C(=O)O)c1C. The minimum atomic E-state index is -0.934. The minimum absolute atomic E-state index is 0.297. The van der Waals surface area contributed by atoms with Gasteiger partial charge in [-0.05, 0) is 31.5 Å². The first-order valence-electron chi connectivity index (χ1n) is 4.56. The largest absolute Gasteiger partial charge is 0.478 e. The van der Waals surface area contributed by atoms with Crippen LogP contribution in [-0.2, 0) is 0 Å². The van der Waals surface area contributed by atoms with Gasteiger partial charge in [0.25, 0.3) is 0 Å². The standard InChI is InChI=1S/C11H10N2O2/c1-6-7(2)13-10-8(4-3-5-12-10)9(6)11(14)15/h3-5H,1-2H3,(H,14,15). The average Bonchev–Trinajstić information content (AvgIpc) is 2.19. The second kappa shape index (κ2) is 3.31. The van der Waals surface area contributed by atoms with Gasteiger partial charge in [0.2, 0.25) is 0 Å². The van der Waals surface area contributed by atoms with Crippen molar-refractivity contribution < 1.29 is 9.90 Å². The number of nitrogens with zero attached hydrogens (tertiary/aromatic N) is 2. The van der Waals surface area contributed by atoms with E-state index in [4.69, 9.17) is 5.11 Å². The topological polar surface area (TPSA) is 63.1 Å². The molecule has 2 aromatic heterocycles. The Morgan fingerprint density at radius 2 is 2.13 bits per heavy atom. The summed E-state index contributed by atoms with van der Waals surface area (Å²) in [6.07, 6.45) is 1.61. The maximum atomic E-state index is 11.1. The summed E-state index contributed by atoms with van der Waals surface area (Å²) in [7, 11) is 0. The smallest absolute Gasteiger partial charge is 0.336 e. The number of aromatic nitrogens is 2. The molecule has 0 radical (unpaired) electrons. The molecule has 0 fully saturated rings. The van der Waals surface area contributed by atoms with E-state index in [1.165, 1.54) is 0 Å². The van der Waals surface area contributed by atoms with E-state index in [1.54, 1.807) is 32.2 Å². The molecule has 76 valence electrons. The molecular formula is C11H10N2O2. The number of carboxylic acid groups (broad SMARTS) is 1. The Kier molecular flexibility index (Phi) is 2.11.